The van der Waals surface area contributed by atoms with Crippen LogP contribution in [-0.4, -0.2) is 12.5 Å². The van der Waals surface area contributed by atoms with Crippen molar-refractivity contribution in [3.8, 4) is 5.75 Å². The average molecular weight is 339 g/mol. The molecule has 0 unspecified atom stereocenters. The fraction of sp³-hybridized carbons (Fsp3) is 0.0714. The standard InChI is InChI=1S/C14H12BrFN2O2/c15-11-2-1-3-12(17)14(11)20-8-13(19)18-10-6-4-9(16)5-7-10/h1-7H,8,17H2,(H,18,19). The first kappa shape index (κ1) is 14.3. The minimum atomic E-state index is -0.361. The van der Waals surface area contributed by atoms with E-state index < -0.39 is 0 Å². The van der Waals surface area contributed by atoms with E-state index in [0.717, 1.165) is 0 Å². The largest absolute Gasteiger partial charge is 0.480 e. The molecule has 0 bridgehead atoms. The second-order valence-corrected chi connectivity index (χ2v) is 4.86. The highest BCUT2D eigenvalue weighted by molar-refractivity contribution is 9.10. The topological polar surface area (TPSA) is 64.3 Å². The zero-order chi connectivity index (χ0) is 14.5. The summed E-state index contributed by atoms with van der Waals surface area (Å²) in [4.78, 5) is 11.7. The molecule has 0 fully saturated rings. The number of ether oxygens (including phenoxy) is 1. The fourth-order valence-corrected chi connectivity index (χ4v) is 2.04. The zero-order valence-corrected chi connectivity index (χ0v) is 12.0. The number of nitrogens with two attached hydrogens (primary N) is 1. The number of rotatable bonds is 4. The second-order valence-electron chi connectivity index (χ2n) is 4.00. The van der Waals surface area contributed by atoms with E-state index in [2.05, 4.69) is 21.2 Å². The molecule has 0 heterocycles. The fourth-order valence-electron chi connectivity index (χ4n) is 1.55. The maximum atomic E-state index is 12.7. The maximum Gasteiger partial charge on any atom is 0.262 e. The Hall–Kier alpha value is -2.08. The van der Waals surface area contributed by atoms with Crippen molar-refractivity contribution in [1.29, 1.82) is 0 Å². The van der Waals surface area contributed by atoms with Crippen molar-refractivity contribution in [2.45, 2.75) is 0 Å². The van der Waals surface area contributed by atoms with Gasteiger partial charge in [0.25, 0.3) is 5.91 Å². The Morgan fingerprint density at radius 3 is 2.60 bits per heavy atom. The third kappa shape index (κ3) is 3.71. The molecule has 1 amide bonds. The van der Waals surface area contributed by atoms with Crippen LogP contribution in [0, 0.1) is 5.82 Å². The number of carbonyl (C=O) groups excluding carboxylic acids is 1. The van der Waals surface area contributed by atoms with Crippen molar-refractivity contribution in [1.82, 2.24) is 0 Å². The van der Waals surface area contributed by atoms with Crippen LogP contribution in [0.4, 0.5) is 15.8 Å². The molecule has 2 aromatic carbocycles. The average Bonchev–Trinajstić information content (AvgIpc) is 2.41. The lowest BCUT2D eigenvalue weighted by atomic mass is 10.3. The number of hydrogen-bond donors (Lipinski definition) is 2. The first-order chi connectivity index (χ1) is 9.56. The van der Waals surface area contributed by atoms with Gasteiger partial charge in [0.1, 0.15) is 5.82 Å². The second kappa shape index (κ2) is 6.38. The molecular weight excluding hydrogens is 327 g/mol. The van der Waals surface area contributed by atoms with Gasteiger partial charge in [-0.25, -0.2) is 4.39 Å². The number of nitrogen functional groups attached to an aromatic ring is 1. The molecule has 0 aliphatic rings. The number of hydrogen-bond acceptors (Lipinski definition) is 3. The van der Waals surface area contributed by atoms with Gasteiger partial charge in [-0.3, -0.25) is 4.79 Å². The van der Waals surface area contributed by atoms with Crippen LogP contribution in [0.1, 0.15) is 0 Å². The van der Waals surface area contributed by atoms with E-state index >= 15 is 0 Å². The van der Waals surface area contributed by atoms with Crippen molar-refractivity contribution in [3.63, 3.8) is 0 Å². The molecular formula is C14H12BrFN2O2. The summed E-state index contributed by atoms with van der Waals surface area (Å²) in [6.45, 7) is -0.190. The van der Waals surface area contributed by atoms with Crippen LogP contribution in [0.15, 0.2) is 46.9 Å². The summed E-state index contributed by atoms with van der Waals surface area (Å²) >= 11 is 3.29. The Morgan fingerprint density at radius 1 is 1.25 bits per heavy atom. The van der Waals surface area contributed by atoms with E-state index in [-0.39, 0.29) is 18.3 Å². The molecule has 3 N–H and O–H groups in total. The molecule has 2 aromatic rings. The molecule has 0 saturated carbocycles. The van der Waals surface area contributed by atoms with Gasteiger partial charge in [0.15, 0.2) is 12.4 Å². The smallest absolute Gasteiger partial charge is 0.262 e. The SMILES string of the molecule is Nc1cccc(Br)c1OCC(=O)Nc1ccc(F)cc1. The number of amides is 1. The van der Waals surface area contributed by atoms with Crippen LogP contribution in [0.25, 0.3) is 0 Å². The predicted molar refractivity (Wildman–Crippen MR) is 79.1 cm³/mol. The molecule has 0 radical (unpaired) electrons. The minimum Gasteiger partial charge on any atom is -0.480 e. The van der Waals surface area contributed by atoms with Gasteiger partial charge in [-0.05, 0) is 52.3 Å². The van der Waals surface area contributed by atoms with E-state index in [0.29, 0.717) is 21.6 Å². The summed E-state index contributed by atoms with van der Waals surface area (Å²) in [6.07, 6.45) is 0. The van der Waals surface area contributed by atoms with Crippen LogP contribution in [0.5, 0.6) is 5.75 Å². The quantitative estimate of drug-likeness (QED) is 0.841. The van der Waals surface area contributed by atoms with Crippen LogP contribution in [0.3, 0.4) is 0 Å². The number of para-hydroxylation sites is 1. The van der Waals surface area contributed by atoms with E-state index in [1.807, 2.05) is 0 Å². The summed E-state index contributed by atoms with van der Waals surface area (Å²) < 4.78 is 18.8. The van der Waals surface area contributed by atoms with Crippen molar-refractivity contribution in [3.05, 3.63) is 52.8 Å². The molecule has 0 aliphatic heterocycles. The molecule has 104 valence electrons. The van der Waals surface area contributed by atoms with Gasteiger partial charge in [-0.1, -0.05) is 6.07 Å². The molecule has 20 heavy (non-hydrogen) atoms. The number of anilines is 2. The van der Waals surface area contributed by atoms with Crippen LogP contribution < -0.4 is 15.8 Å². The maximum absolute atomic E-state index is 12.7. The third-order valence-corrected chi connectivity index (χ3v) is 3.10. The Morgan fingerprint density at radius 2 is 1.95 bits per heavy atom. The van der Waals surface area contributed by atoms with Gasteiger partial charge in [-0.2, -0.15) is 0 Å². The normalized spacial score (nSPS) is 10.1. The lowest BCUT2D eigenvalue weighted by molar-refractivity contribution is -0.118. The van der Waals surface area contributed by atoms with Crippen molar-refractivity contribution in [2.24, 2.45) is 0 Å². The summed E-state index contributed by atoms with van der Waals surface area (Å²) in [5, 5.41) is 2.59. The summed E-state index contributed by atoms with van der Waals surface area (Å²) in [5.41, 5.74) is 6.69. The van der Waals surface area contributed by atoms with Gasteiger partial charge in [0.2, 0.25) is 0 Å². The van der Waals surface area contributed by atoms with Gasteiger partial charge in [-0.15, -0.1) is 0 Å². The highest BCUT2D eigenvalue weighted by atomic mass is 79.9. The first-order valence-corrected chi connectivity index (χ1v) is 6.58. The summed E-state index contributed by atoms with van der Waals surface area (Å²) in [6, 6.07) is 10.7. The van der Waals surface area contributed by atoms with Crippen LogP contribution in [-0.2, 0) is 4.79 Å². The van der Waals surface area contributed by atoms with Crippen molar-refractivity contribution >= 4 is 33.2 Å². The molecule has 6 heteroatoms. The monoisotopic (exact) mass is 338 g/mol. The van der Waals surface area contributed by atoms with E-state index in [9.17, 15) is 9.18 Å². The Kier molecular flexibility index (Phi) is 4.57. The van der Waals surface area contributed by atoms with Crippen molar-refractivity contribution < 1.29 is 13.9 Å². The van der Waals surface area contributed by atoms with E-state index in [1.165, 1.54) is 24.3 Å². The third-order valence-electron chi connectivity index (χ3n) is 2.47. The van der Waals surface area contributed by atoms with Gasteiger partial charge in [0.05, 0.1) is 10.2 Å². The van der Waals surface area contributed by atoms with Gasteiger partial charge < -0.3 is 15.8 Å². The van der Waals surface area contributed by atoms with Gasteiger partial charge >= 0.3 is 0 Å². The Labute approximate surface area is 123 Å². The molecule has 4 nitrogen and oxygen atoms in total. The summed E-state index contributed by atoms with van der Waals surface area (Å²) in [7, 11) is 0. The molecule has 2 rings (SSSR count). The predicted octanol–water partition coefficient (Wildman–Crippen LogP) is 3.19. The Balaban J connectivity index is 1.94. The van der Waals surface area contributed by atoms with Gasteiger partial charge in [0, 0.05) is 5.69 Å². The highest BCUT2D eigenvalue weighted by Crippen LogP contribution is 2.30. The highest BCUT2D eigenvalue weighted by Gasteiger charge is 2.08. The first-order valence-electron chi connectivity index (χ1n) is 5.78. The summed E-state index contributed by atoms with van der Waals surface area (Å²) in [5.74, 6) is -0.297. The number of carbonyl (C=O) groups is 1. The van der Waals surface area contributed by atoms with Crippen LogP contribution >= 0.6 is 15.9 Å². The number of halogens is 2. The van der Waals surface area contributed by atoms with E-state index in [1.54, 1.807) is 18.2 Å². The number of nitrogens with one attached hydrogen (secondary N) is 1. The molecule has 0 aromatic heterocycles. The molecule has 0 atom stereocenters. The minimum absolute atomic E-state index is 0.190. The van der Waals surface area contributed by atoms with Crippen molar-refractivity contribution in [2.75, 3.05) is 17.7 Å². The molecule has 0 saturated heterocycles. The lowest BCUT2D eigenvalue weighted by Gasteiger charge is -2.10. The zero-order valence-electron chi connectivity index (χ0n) is 10.4. The van der Waals surface area contributed by atoms with Crippen LogP contribution in [0.2, 0.25) is 0 Å². The number of benzene rings is 2. The lowest BCUT2D eigenvalue weighted by Crippen LogP contribution is -2.20. The Bertz CT molecular complexity index is 597. The van der Waals surface area contributed by atoms with E-state index in [4.69, 9.17) is 10.5 Å². The molecule has 0 spiro atoms. The molecule has 0 aliphatic carbocycles.